The van der Waals surface area contributed by atoms with Gasteiger partial charge in [0.2, 0.25) is 0 Å². The van der Waals surface area contributed by atoms with Crippen LogP contribution >= 0.6 is 0 Å². The lowest BCUT2D eigenvalue weighted by atomic mass is 10.1. The lowest BCUT2D eigenvalue weighted by molar-refractivity contribution is 0.0747. The number of amides is 1. The van der Waals surface area contributed by atoms with Gasteiger partial charge in [-0.3, -0.25) is 9.59 Å². The number of carbonyl (C=O) groups excluding carboxylic acids is 2. The van der Waals surface area contributed by atoms with Crippen molar-refractivity contribution in [3.05, 3.63) is 53.3 Å². The number of halogens is 1. The molecule has 0 saturated carbocycles. The van der Waals surface area contributed by atoms with Crippen LogP contribution in [-0.4, -0.2) is 64.0 Å². The molecule has 1 aliphatic heterocycles. The molecule has 0 aliphatic carbocycles. The minimum absolute atomic E-state index is 0.0900. The molecule has 1 heterocycles. The predicted octanol–water partition coefficient (Wildman–Crippen LogP) is 3.46. The number of piperazine rings is 1. The second-order valence-corrected chi connectivity index (χ2v) is 10.8. The number of sulfone groups is 1. The summed E-state index contributed by atoms with van der Waals surface area (Å²) in [5.41, 5.74) is 1.61. The van der Waals surface area contributed by atoms with E-state index in [2.05, 4.69) is 5.32 Å². The van der Waals surface area contributed by atoms with E-state index in [0.29, 0.717) is 61.1 Å². The molecule has 33 heavy (non-hydrogen) atoms. The number of hydrogen-bond donors (Lipinski definition) is 1. The van der Waals surface area contributed by atoms with Crippen LogP contribution in [0.3, 0.4) is 0 Å². The first-order valence-corrected chi connectivity index (χ1v) is 12.8. The summed E-state index contributed by atoms with van der Waals surface area (Å²) in [6.45, 7) is 7.68. The van der Waals surface area contributed by atoms with Gasteiger partial charge in [-0.15, -0.1) is 0 Å². The Kier molecular flexibility index (Phi) is 7.41. The Labute approximate surface area is 194 Å². The van der Waals surface area contributed by atoms with Gasteiger partial charge in [0.15, 0.2) is 15.6 Å². The molecular formula is C24H30FN3O4S. The van der Waals surface area contributed by atoms with E-state index in [0.717, 1.165) is 6.26 Å². The lowest BCUT2D eigenvalue weighted by Crippen LogP contribution is -2.49. The third kappa shape index (κ3) is 5.90. The molecule has 1 saturated heterocycles. The van der Waals surface area contributed by atoms with E-state index in [9.17, 15) is 22.4 Å². The zero-order valence-electron chi connectivity index (χ0n) is 19.4. The van der Waals surface area contributed by atoms with Crippen molar-refractivity contribution < 1.29 is 22.4 Å². The number of rotatable bonds is 7. The second-order valence-electron chi connectivity index (χ2n) is 8.76. The fourth-order valence-electron chi connectivity index (χ4n) is 3.70. The van der Waals surface area contributed by atoms with Crippen LogP contribution in [0.2, 0.25) is 0 Å². The number of hydrogen-bond acceptors (Lipinski definition) is 6. The molecule has 0 bridgehead atoms. The Morgan fingerprint density at radius 3 is 2.27 bits per heavy atom. The molecule has 0 unspecified atom stereocenters. The molecule has 9 heteroatoms. The third-order valence-corrected chi connectivity index (χ3v) is 6.72. The van der Waals surface area contributed by atoms with Crippen molar-refractivity contribution in [3.63, 3.8) is 0 Å². The Balaban J connectivity index is 1.79. The average molecular weight is 476 g/mol. The van der Waals surface area contributed by atoms with Crippen LogP contribution in [0.4, 0.5) is 15.8 Å². The SMILES string of the molecule is CC(=O)c1ccc(N2CCN(C(=O)c3cc(S(C)(=O)=O)ccc3NCC(C)C)CC2)c(F)c1. The molecule has 7 nitrogen and oxygen atoms in total. The van der Waals surface area contributed by atoms with Crippen molar-refractivity contribution in [1.82, 2.24) is 4.90 Å². The Bertz CT molecular complexity index is 1160. The maximum atomic E-state index is 14.5. The van der Waals surface area contributed by atoms with Gasteiger partial charge in [0.1, 0.15) is 5.82 Å². The van der Waals surface area contributed by atoms with Crippen LogP contribution in [0.5, 0.6) is 0 Å². The summed E-state index contributed by atoms with van der Waals surface area (Å²) in [4.78, 5) is 28.4. The number of Topliss-reactive ketones (excluding diaryl/α,β-unsaturated/α-hetero) is 1. The van der Waals surface area contributed by atoms with Crippen LogP contribution in [-0.2, 0) is 9.84 Å². The van der Waals surface area contributed by atoms with E-state index in [1.54, 1.807) is 23.1 Å². The fourth-order valence-corrected chi connectivity index (χ4v) is 4.35. The van der Waals surface area contributed by atoms with Gasteiger partial charge in [0.05, 0.1) is 16.1 Å². The molecular weight excluding hydrogens is 445 g/mol. The van der Waals surface area contributed by atoms with Crippen molar-refractivity contribution in [2.24, 2.45) is 5.92 Å². The standard InChI is InChI=1S/C24H30FN3O4S/c1-16(2)15-26-22-7-6-19(33(4,31)32)14-20(22)24(30)28-11-9-27(10-12-28)23-8-5-18(17(3)29)13-21(23)25/h5-8,13-14,16,26H,9-12,15H2,1-4H3. The summed E-state index contributed by atoms with van der Waals surface area (Å²) in [5.74, 6) is -0.591. The van der Waals surface area contributed by atoms with Gasteiger partial charge in [-0.2, -0.15) is 0 Å². The number of benzene rings is 2. The first-order valence-electron chi connectivity index (χ1n) is 10.9. The molecule has 1 amide bonds. The van der Waals surface area contributed by atoms with E-state index in [1.807, 2.05) is 18.7 Å². The Morgan fingerprint density at radius 1 is 1.06 bits per heavy atom. The van der Waals surface area contributed by atoms with Crippen molar-refractivity contribution in [2.45, 2.75) is 25.7 Å². The summed E-state index contributed by atoms with van der Waals surface area (Å²) in [7, 11) is -3.47. The monoisotopic (exact) mass is 475 g/mol. The number of carbonyl (C=O) groups is 2. The first-order chi connectivity index (χ1) is 15.5. The maximum absolute atomic E-state index is 14.5. The maximum Gasteiger partial charge on any atom is 0.256 e. The summed E-state index contributed by atoms with van der Waals surface area (Å²) in [6.07, 6.45) is 1.11. The van der Waals surface area contributed by atoms with Crippen LogP contribution < -0.4 is 10.2 Å². The van der Waals surface area contributed by atoms with Crippen molar-refractivity contribution in [2.75, 3.05) is 49.2 Å². The first kappa shape index (κ1) is 24.7. The van der Waals surface area contributed by atoms with E-state index in [4.69, 9.17) is 0 Å². The van der Waals surface area contributed by atoms with E-state index < -0.39 is 15.7 Å². The molecule has 0 aromatic heterocycles. The predicted molar refractivity (Wildman–Crippen MR) is 127 cm³/mol. The highest BCUT2D eigenvalue weighted by Gasteiger charge is 2.26. The molecule has 1 N–H and O–H groups in total. The summed E-state index contributed by atoms with van der Waals surface area (Å²) >= 11 is 0. The third-order valence-electron chi connectivity index (χ3n) is 5.61. The van der Waals surface area contributed by atoms with Crippen molar-refractivity contribution in [3.8, 4) is 0 Å². The number of ketones is 1. The van der Waals surface area contributed by atoms with Gasteiger partial charge in [0.25, 0.3) is 5.91 Å². The average Bonchev–Trinajstić information content (AvgIpc) is 2.76. The smallest absolute Gasteiger partial charge is 0.256 e. The van der Waals surface area contributed by atoms with Crippen LogP contribution in [0, 0.1) is 11.7 Å². The van der Waals surface area contributed by atoms with Crippen LogP contribution in [0.15, 0.2) is 41.3 Å². The van der Waals surface area contributed by atoms with Gasteiger partial charge in [-0.05, 0) is 49.2 Å². The van der Waals surface area contributed by atoms with Gasteiger partial charge in [0, 0.05) is 50.2 Å². The zero-order valence-corrected chi connectivity index (χ0v) is 20.2. The Hall–Kier alpha value is -2.94. The number of anilines is 2. The summed E-state index contributed by atoms with van der Waals surface area (Å²) < 4.78 is 38.6. The zero-order chi connectivity index (χ0) is 24.3. The Morgan fingerprint density at radius 2 is 1.73 bits per heavy atom. The van der Waals surface area contributed by atoms with E-state index in [1.165, 1.54) is 25.1 Å². The molecule has 0 spiro atoms. The van der Waals surface area contributed by atoms with E-state index >= 15 is 0 Å². The minimum atomic E-state index is -3.47. The molecule has 178 valence electrons. The van der Waals surface area contributed by atoms with Crippen molar-refractivity contribution in [1.29, 1.82) is 0 Å². The van der Waals surface area contributed by atoms with Crippen LogP contribution in [0.1, 0.15) is 41.5 Å². The molecule has 0 radical (unpaired) electrons. The normalized spacial score (nSPS) is 14.5. The van der Waals surface area contributed by atoms with Gasteiger partial charge < -0.3 is 15.1 Å². The van der Waals surface area contributed by atoms with Crippen molar-refractivity contribution >= 4 is 32.9 Å². The lowest BCUT2D eigenvalue weighted by Gasteiger charge is -2.36. The quantitative estimate of drug-likeness (QED) is 0.617. The highest BCUT2D eigenvalue weighted by molar-refractivity contribution is 7.90. The second kappa shape index (κ2) is 9.91. The topological polar surface area (TPSA) is 86.8 Å². The van der Waals surface area contributed by atoms with Gasteiger partial charge in [-0.25, -0.2) is 12.8 Å². The molecule has 1 fully saturated rings. The molecule has 3 rings (SSSR count). The van der Waals surface area contributed by atoms with E-state index in [-0.39, 0.29) is 16.6 Å². The van der Waals surface area contributed by atoms with Crippen LogP contribution in [0.25, 0.3) is 0 Å². The fraction of sp³-hybridized carbons (Fsp3) is 0.417. The summed E-state index contributed by atoms with van der Waals surface area (Å²) in [5, 5.41) is 3.24. The van der Waals surface area contributed by atoms with Gasteiger partial charge >= 0.3 is 0 Å². The highest BCUT2D eigenvalue weighted by Crippen LogP contribution is 2.26. The minimum Gasteiger partial charge on any atom is -0.384 e. The molecule has 2 aromatic carbocycles. The van der Waals surface area contributed by atoms with Gasteiger partial charge in [-0.1, -0.05) is 13.8 Å². The summed E-state index contributed by atoms with van der Waals surface area (Å²) in [6, 6.07) is 8.98. The molecule has 2 aromatic rings. The molecule has 1 aliphatic rings. The molecule has 0 atom stereocenters. The largest absolute Gasteiger partial charge is 0.384 e. The highest BCUT2D eigenvalue weighted by atomic mass is 32.2. The number of nitrogens with zero attached hydrogens (tertiary/aromatic N) is 2. The number of nitrogens with one attached hydrogen (secondary N) is 1.